The van der Waals surface area contributed by atoms with Crippen LogP contribution in [0.15, 0.2) is 72.2 Å². The van der Waals surface area contributed by atoms with Gasteiger partial charge in [0.2, 0.25) is 5.91 Å². The normalized spacial score (nSPS) is 17.5. The van der Waals surface area contributed by atoms with E-state index < -0.39 is 18.2 Å². The van der Waals surface area contributed by atoms with Crippen molar-refractivity contribution < 1.29 is 9.90 Å². The van der Waals surface area contributed by atoms with Gasteiger partial charge in [0.25, 0.3) is 0 Å². The van der Waals surface area contributed by atoms with Crippen LogP contribution in [0.2, 0.25) is 0 Å². The molecule has 0 bridgehead atoms. The Morgan fingerprint density at radius 1 is 1.22 bits per heavy atom. The first kappa shape index (κ1) is 23.7. The molecular formula is C27H35N3O2. The van der Waals surface area contributed by atoms with Crippen LogP contribution in [-0.2, 0) is 4.79 Å². The van der Waals surface area contributed by atoms with Gasteiger partial charge >= 0.3 is 0 Å². The second kappa shape index (κ2) is 11.6. The molecule has 1 amide bonds. The summed E-state index contributed by atoms with van der Waals surface area (Å²) in [6, 6.07) is 18.3. The fraction of sp³-hybridized carbons (Fsp3) is 0.407. The Bertz CT molecular complexity index is 926. The summed E-state index contributed by atoms with van der Waals surface area (Å²) < 4.78 is 0. The number of hydrogen-bond acceptors (Lipinski definition) is 4. The third-order valence-electron chi connectivity index (χ3n) is 5.99. The minimum absolute atomic E-state index is 0.143. The van der Waals surface area contributed by atoms with Gasteiger partial charge in [0.1, 0.15) is 6.17 Å². The molecule has 0 saturated heterocycles. The second-order valence-corrected chi connectivity index (χ2v) is 8.45. The molecule has 2 N–H and O–H groups in total. The molecule has 1 heterocycles. The smallest absolute Gasteiger partial charge is 0.227 e. The van der Waals surface area contributed by atoms with Gasteiger partial charge in [-0.05, 0) is 25.3 Å². The molecule has 1 aliphatic rings. The van der Waals surface area contributed by atoms with Gasteiger partial charge in [-0.3, -0.25) is 9.79 Å². The summed E-state index contributed by atoms with van der Waals surface area (Å²) in [7, 11) is 2.02. The number of aliphatic imine (C=N–C) groups is 1. The van der Waals surface area contributed by atoms with E-state index in [1.54, 1.807) is 6.08 Å². The quantitative estimate of drug-likeness (QED) is 0.540. The number of hydrogen-bond donors (Lipinski definition) is 2. The van der Waals surface area contributed by atoms with Crippen molar-refractivity contribution in [2.75, 3.05) is 18.5 Å². The van der Waals surface area contributed by atoms with Crippen molar-refractivity contribution in [1.29, 1.82) is 0 Å². The van der Waals surface area contributed by atoms with Crippen LogP contribution >= 0.6 is 0 Å². The molecule has 1 aliphatic heterocycles. The molecular weight excluding hydrogens is 398 g/mol. The van der Waals surface area contributed by atoms with Crippen molar-refractivity contribution in [3.63, 3.8) is 0 Å². The number of rotatable bonds is 10. The molecule has 3 rings (SSSR count). The monoisotopic (exact) mass is 433 g/mol. The van der Waals surface area contributed by atoms with Crippen LogP contribution in [0.1, 0.15) is 50.2 Å². The van der Waals surface area contributed by atoms with E-state index in [1.165, 1.54) is 0 Å². The Morgan fingerprint density at radius 2 is 1.94 bits per heavy atom. The standard InChI is InChI=1S/C27H35N3O2/c1-4-6-15-22(24(31)18-7-5-2)27(32)29-25-19-30(3)23-17-12-11-16-21(23)26(28-25)20-13-9-8-10-14-20/h4,8-14,16-17,22,24-25,31H,1,5-7,15,18-19H2,2-3H3,(H,29,32)/t22?,24?,25-/m1/s1. The zero-order valence-electron chi connectivity index (χ0n) is 19.2. The number of benzene rings is 2. The van der Waals surface area contributed by atoms with Crippen LogP contribution in [0.5, 0.6) is 0 Å². The van der Waals surface area contributed by atoms with Gasteiger partial charge in [0.15, 0.2) is 0 Å². The highest BCUT2D eigenvalue weighted by Crippen LogP contribution is 2.27. The summed E-state index contributed by atoms with van der Waals surface area (Å²) in [6.45, 7) is 6.42. The van der Waals surface area contributed by atoms with Gasteiger partial charge in [-0.2, -0.15) is 0 Å². The molecule has 0 aromatic heterocycles. The molecule has 32 heavy (non-hydrogen) atoms. The second-order valence-electron chi connectivity index (χ2n) is 8.45. The number of para-hydroxylation sites is 1. The lowest BCUT2D eigenvalue weighted by atomic mass is 9.92. The van der Waals surface area contributed by atoms with Crippen LogP contribution < -0.4 is 10.2 Å². The Hall–Kier alpha value is -2.92. The molecule has 0 saturated carbocycles. The molecule has 0 aliphatic carbocycles. The molecule has 0 fully saturated rings. The van der Waals surface area contributed by atoms with E-state index in [1.807, 2.05) is 49.5 Å². The van der Waals surface area contributed by atoms with Gasteiger partial charge in [-0.1, -0.05) is 74.4 Å². The average Bonchev–Trinajstić information content (AvgIpc) is 2.95. The maximum atomic E-state index is 13.3. The third kappa shape index (κ3) is 5.86. The number of allylic oxidation sites excluding steroid dienone is 1. The number of fused-ring (bicyclic) bond motifs is 1. The number of nitrogens with one attached hydrogen (secondary N) is 1. The van der Waals surface area contributed by atoms with Crippen LogP contribution in [0.3, 0.4) is 0 Å². The van der Waals surface area contributed by atoms with Gasteiger partial charge < -0.3 is 15.3 Å². The molecule has 2 aromatic carbocycles. The van der Waals surface area contributed by atoms with Gasteiger partial charge in [-0.15, -0.1) is 6.58 Å². The van der Waals surface area contributed by atoms with Gasteiger partial charge in [0.05, 0.1) is 24.3 Å². The highest BCUT2D eigenvalue weighted by molar-refractivity contribution is 6.16. The highest BCUT2D eigenvalue weighted by Gasteiger charge is 2.29. The summed E-state index contributed by atoms with van der Waals surface area (Å²) in [5.41, 5.74) is 4.01. The number of aliphatic hydroxyl groups is 1. The Kier molecular flexibility index (Phi) is 8.63. The maximum absolute atomic E-state index is 13.3. The van der Waals surface area contributed by atoms with Crippen LogP contribution in [0.25, 0.3) is 0 Å². The van der Waals surface area contributed by atoms with E-state index in [-0.39, 0.29) is 5.91 Å². The molecule has 170 valence electrons. The topological polar surface area (TPSA) is 64.9 Å². The maximum Gasteiger partial charge on any atom is 0.227 e. The summed E-state index contributed by atoms with van der Waals surface area (Å²) in [6.07, 6.45) is 4.51. The van der Waals surface area contributed by atoms with Crippen molar-refractivity contribution in [2.45, 2.75) is 51.3 Å². The number of carbonyl (C=O) groups excluding carboxylic acids is 1. The zero-order valence-corrected chi connectivity index (χ0v) is 19.2. The fourth-order valence-electron chi connectivity index (χ4n) is 4.22. The van der Waals surface area contributed by atoms with Gasteiger partial charge in [-0.25, -0.2) is 0 Å². The molecule has 5 nitrogen and oxygen atoms in total. The molecule has 3 atom stereocenters. The molecule has 0 radical (unpaired) electrons. The predicted molar refractivity (Wildman–Crippen MR) is 132 cm³/mol. The zero-order chi connectivity index (χ0) is 22.9. The van der Waals surface area contributed by atoms with Gasteiger partial charge in [0, 0.05) is 23.9 Å². The summed E-state index contributed by atoms with van der Waals surface area (Å²) >= 11 is 0. The van der Waals surface area contributed by atoms with Crippen LogP contribution in [0.4, 0.5) is 5.69 Å². The third-order valence-corrected chi connectivity index (χ3v) is 5.99. The average molecular weight is 434 g/mol. The van der Waals surface area contributed by atoms with Crippen LogP contribution in [-0.4, -0.2) is 42.6 Å². The minimum Gasteiger partial charge on any atom is -0.392 e. The predicted octanol–water partition coefficient (Wildman–Crippen LogP) is 4.55. The van der Waals surface area contributed by atoms with E-state index in [9.17, 15) is 9.90 Å². The number of likely N-dealkylation sites (N-methyl/N-ethyl adjacent to an activating group) is 1. The fourth-order valence-corrected chi connectivity index (χ4v) is 4.22. The number of unbranched alkanes of at least 4 members (excludes halogenated alkanes) is 1. The van der Waals surface area contributed by atoms with E-state index >= 15 is 0 Å². The van der Waals surface area contributed by atoms with Crippen molar-refractivity contribution in [1.82, 2.24) is 5.32 Å². The first-order chi connectivity index (χ1) is 15.5. The van der Waals surface area contributed by atoms with Crippen LogP contribution in [0, 0.1) is 5.92 Å². The Labute approximate surface area is 191 Å². The largest absolute Gasteiger partial charge is 0.392 e. The number of carbonyl (C=O) groups is 1. The first-order valence-corrected chi connectivity index (χ1v) is 11.6. The van der Waals surface area contributed by atoms with E-state index in [0.717, 1.165) is 35.4 Å². The number of nitrogens with zero attached hydrogens (tertiary/aromatic N) is 2. The molecule has 2 aromatic rings. The molecule has 5 heteroatoms. The lowest BCUT2D eigenvalue weighted by Gasteiger charge is -2.26. The SMILES string of the molecule is C=CCCC(C(=O)N[C@@H]1CN(C)c2ccccc2C(c2ccccc2)=N1)C(O)CCCC. The lowest BCUT2D eigenvalue weighted by Crippen LogP contribution is -2.46. The molecule has 0 spiro atoms. The number of anilines is 1. The first-order valence-electron chi connectivity index (χ1n) is 11.6. The van der Waals surface area contributed by atoms with Crippen molar-refractivity contribution in [3.8, 4) is 0 Å². The summed E-state index contributed by atoms with van der Waals surface area (Å²) in [5.74, 6) is -0.609. The van der Waals surface area contributed by atoms with E-state index in [2.05, 4.69) is 35.9 Å². The number of aliphatic hydroxyl groups excluding tert-OH is 1. The van der Waals surface area contributed by atoms with E-state index in [0.29, 0.717) is 25.8 Å². The Balaban J connectivity index is 1.89. The molecule has 2 unspecified atom stereocenters. The summed E-state index contributed by atoms with van der Waals surface area (Å²) in [5, 5.41) is 13.8. The van der Waals surface area contributed by atoms with Crippen molar-refractivity contribution in [3.05, 3.63) is 78.4 Å². The number of amides is 1. The highest BCUT2D eigenvalue weighted by atomic mass is 16.3. The minimum atomic E-state index is -0.659. The van der Waals surface area contributed by atoms with Crippen molar-refractivity contribution in [2.24, 2.45) is 10.9 Å². The van der Waals surface area contributed by atoms with Crippen molar-refractivity contribution >= 4 is 17.3 Å². The summed E-state index contributed by atoms with van der Waals surface area (Å²) in [4.78, 5) is 20.4. The lowest BCUT2D eigenvalue weighted by molar-refractivity contribution is -0.129. The number of benzodiazepines with no additional fused rings is 1. The van der Waals surface area contributed by atoms with E-state index in [4.69, 9.17) is 4.99 Å². The Morgan fingerprint density at radius 3 is 2.66 bits per heavy atom.